The maximum absolute atomic E-state index is 12.8. The highest BCUT2D eigenvalue weighted by Crippen LogP contribution is 2.41. The molecule has 5 nitrogen and oxygen atoms in total. The van der Waals surface area contributed by atoms with Gasteiger partial charge in [0.25, 0.3) is 0 Å². The number of hydrogen-bond donors (Lipinski definition) is 1. The van der Waals surface area contributed by atoms with Crippen molar-refractivity contribution in [1.82, 2.24) is 4.90 Å². The highest BCUT2D eigenvalue weighted by atomic mass is 16.5. The number of nitrogens with zero attached hydrogens (tertiary/aromatic N) is 1. The Kier molecular flexibility index (Phi) is 10.9. The Morgan fingerprint density at radius 1 is 0.811 bits per heavy atom. The molecule has 4 rings (SSSR count). The van der Waals surface area contributed by atoms with Gasteiger partial charge in [0.2, 0.25) is 0 Å². The Morgan fingerprint density at radius 2 is 1.35 bits per heavy atom. The molecule has 0 atom stereocenters. The van der Waals surface area contributed by atoms with Crippen molar-refractivity contribution in [2.24, 2.45) is 29.1 Å². The molecule has 0 aromatic carbocycles. The maximum atomic E-state index is 12.8. The molecule has 1 aliphatic heterocycles. The molecule has 3 aliphatic carbocycles. The van der Waals surface area contributed by atoms with E-state index < -0.39 is 11.4 Å². The second kappa shape index (κ2) is 13.9. The van der Waals surface area contributed by atoms with Crippen molar-refractivity contribution in [3.05, 3.63) is 0 Å². The molecule has 1 N–H and O–H groups in total. The van der Waals surface area contributed by atoms with Crippen molar-refractivity contribution in [3.8, 4) is 0 Å². The molecule has 1 saturated heterocycles. The quantitative estimate of drug-likeness (QED) is 0.312. The number of rotatable bonds is 11. The van der Waals surface area contributed by atoms with Gasteiger partial charge >= 0.3 is 5.97 Å². The molecule has 4 fully saturated rings. The molecule has 0 bridgehead atoms. The van der Waals surface area contributed by atoms with Crippen LogP contribution in [0.1, 0.15) is 129 Å². The fourth-order valence-electron chi connectivity index (χ4n) is 8.02. The first-order valence-electron chi connectivity index (χ1n) is 16.0. The molecule has 0 unspecified atom stereocenters. The summed E-state index contributed by atoms with van der Waals surface area (Å²) in [7, 11) is 0. The van der Waals surface area contributed by atoms with Gasteiger partial charge in [0.1, 0.15) is 5.78 Å². The number of likely N-dealkylation sites (tertiary alicyclic amines) is 1. The van der Waals surface area contributed by atoms with E-state index in [2.05, 4.69) is 4.90 Å². The van der Waals surface area contributed by atoms with Crippen LogP contribution >= 0.6 is 0 Å². The number of aliphatic carboxylic acids is 1. The topological polar surface area (TPSA) is 66.8 Å². The van der Waals surface area contributed by atoms with E-state index in [-0.39, 0.29) is 11.8 Å². The highest BCUT2D eigenvalue weighted by molar-refractivity contribution is 5.81. The molecular weight excluding hydrogens is 462 g/mol. The number of carboxylic acids is 1. The Morgan fingerprint density at radius 3 is 1.86 bits per heavy atom. The lowest BCUT2D eigenvalue weighted by molar-refractivity contribution is -0.151. The predicted octanol–water partition coefficient (Wildman–Crippen LogP) is 7.26. The molecule has 0 amide bonds. The first-order chi connectivity index (χ1) is 17.8. The lowest BCUT2D eigenvalue weighted by Gasteiger charge is -2.41. The Bertz CT molecular complexity index is 690. The van der Waals surface area contributed by atoms with Crippen LogP contribution in [0.4, 0.5) is 0 Å². The minimum Gasteiger partial charge on any atom is -0.481 e. The van der Waals surface area contributed by atoms with Crippen LogP contribution in [0, 0.1) is 29.1 Å². The van der Waals surface area contributed by atoms with Gasteiger partial charge in [-0.3, -0.25) is 9.59 Å². The zero-order chi connectivity index (χ0) is 26.3. The van der Waals surface area contributed by atoms with Gasteiger partial charge in [-0.05, 0) is 109 Å². The third kappa shape index (κ3) is 8.03. The van der Waals surface area contributed by atoms with Gasteiger partial charge in [0, 0.05) is 25.4 Å². The van der Waals surface area contributed by atoms with Crippen molar-refractivity contribution in [1.29, 1.82) is 0 Å². The molecular formula is C32H55NO4. The van der Waals surface area contributed by atoms with Gasteiger partial charge in [-0.15, -0.1) is 0 Å². The molecule has 1 heterocycles. The molecule has 0 aromatic rings. The molecule has 5 heteroatoms. The smallest absolute Gasteiger partial charge is 0.309 e. The van der Waals surface area contributed by atoms with Crippen molar-refractivity contribution < 1.29 is 19.4 Å². The van der Waals surface area contributed by atoms with E-state index >= 15 is 0 Å². The Labute approximate surface area is 226 Å². The van der Waals surface area contributed by atoms with Crippen molar-refractivity contribution in [2.45, 2.75) is 142 Å². The Hall–Kier alpha value is -0.940. The normalized spacial score (nSPS) is 28.0. The van der Waals surface area contributed by atoms with Gasteiger partial charge in [0.05, 0.1) is 17.6 Å². The van der Waals surface area contributed by atoms with E-state index in [0.717, 1.165) is 76.4 Å². The van der Waals surface area contributed by atoms with E-state index in [0.29, 0.717) is 24.4 Å². The predicted molar refractivity (Wildman–Crippen MR) is 149 cm³/mol. The molecule has 37 heavy (non-hydrogen) atoms. The lowest BCUT2D eigenvalue weighted by atomic mass is 9.68. The second-order valence-electron chi connectivity index (χ2n) is 13.6. The van der Waals surface area contributed by atoms with Crippen LogP contribution in [0.3, 0.4) is 0 Å². The Balaban J connectivity index is 1.14. The summed E-state index contributed by atoms with van der Waals surface area (Å²) in [5, 5.41) is 9.51. The van der Waals surface area contributed by atoms with E-state index in [4.69, 9.17) is 4.74 Å². The second-order valence-corrected chi connectivity index (χ2v) is 13.6. The largest absolute Gasteiger partial charge is 0.481 e. The number of carbonyl (C=O) groups is 2. The van der Waals surface area contributed by atoms with Crippen LogP contribution in [0.5, 0.6) is 0 Å². The third-order valence-corrected chi connectivity index (χ3v) is 10.8. The minimum atomic E-state index is -0.713. The summed E-state index contributed by atoms with van der Waals surface area (Å²) < 4.78 is 6.97. The van der Waals surface area contributed by atoms with Crippen LogP contribution in [0.2, 0.25) is 0 Å². The third-order valence-electron chi connectivity index (χ3n) is 10.8. The van der Waals surface area contributed by atoms with Gasteiger partial charge in [-0.25, -0.2) is 0 Å². The summed E-state index contributed by atoms with van der Waals surface area (Å²) in [5.41, 5.74) is -0.684. The number of ketones is 1. The highest BCUT2D eigenvalue weighted by Gasteiger charge is 2.40. The van der Waals surface area contributed by atoms with Crippen LogP contribution in [0.15, 0.2) is 0 Å². The molecule has 0 radical (unpaired) electrons. The van der Waals surface area contributed by atoms with Crippen molar-refractivity contribution >= 4 is 11.8 Å². The summed E-state index contributed by atoms with van der Waals surface area (Å²) in [6, 6.07) is 0. The summed E-state index contributed by atoms with van der Waals surface area (Å²) in [6.45, 7) is 6.91. The van der Waals surface area contributed by atoms with E-state index in [1.165, 1.54) is 64.2 Å². The monoisotopic (exact) mass is 517 g/mol. The van der Waals surface area contributed by atoms with Gasteiger partial charge in [-0.1, -0.05) is 38.5 Å². The standard InChI is InChI=1S/C32H55NO4/c1-32(2,31(35)36)27-17-15-24(16-18-27)29(34)14-9-21-33-22-19-28(20-23-33)37-30(25-10-5-3-6-11-25)26-12-7-4-8-13-26/h24-28,30H,3-23H2,1-2H3,(H,35,36). The number of piperidine rings is 1. The van der Waals surface area contributed by atoms with E-state index in [1.807, 2.05) is 13.8 Å². The van der Waals surface area contributed by atoms with Gasteiger partial charge < -0.3 is 14.7 Å². The lowest BCUT2D eigenvalue weighted by Crippen LogP contribution is -2.43. The van der Waals surface area contributed by atoms with Crippen LogP contribution < -0.4 is 0 Å². The van der Waals surface area contributed by atoms with E-state index in [9.17, 15) is 14.7 Å². The summed E-state index contributed by atoms with van der Waals surface area (Å²) in [6.07, 6.45) is 22.3. The number of ether oxygens (including phenoxy) is 1. The van der Waals surface area contributed by atoms with Crippen LogP contribution in [-0.2, 0) is 14.3 Å². The summed E-state index contributed by atoms with van der Waals surface area (Å²) in [4.78, 5) is 27.0. The molecule has 4 aliphatic rings. The average Bonchev–Trinajstić information content (AvgIpc) is 2.93. The fourth-order valence-corrected chi connectivity index (χ4v) is 8.02. The molecule has 0 aromatic heterocycles. The van der Waals surface area contributed by atoms with Crippen molar-refractivity contribution in [3.63, 3.8) is 0 Å². The summed E-state index contributed by atoms with van der Waals surface area (Å²) in [5.74, 6) is 1.63. The average molecular weight is 518 g/mol. The van der Waals surface area contributed by atoms with Gasteiger partial charge in [0.15, 0.2) is 0 Å². The van der Waals surface area contributed by atoms with Crippen LogP contribution in [-0.4, -0.2) is 53.6 Å². The first kappa shape index (κ1) is 29.1. The zero-order valence-electron chi connectivity index (χ0n) is 23.9. The first-order valence-corrected chi connectivity index (χ1v) is 16.0. The molecule has 3 saturated carbocycles. The summed E-state index contributed by atoms with van der Waals surface area (Å²) >= 11 is 0. The minimum absolute atomic E-state index is 0.150. The van der Waals surface area contributed by atoms with Gasteiger partial charge in [-0.2, -0.15) is 0 Å². The molecule has 0 spiro atoms. The van der Waals surface area contributed by atoms with E-state index in [1.54, 1.807) is 0 Å². The number of hydrogen-bond acceptors (Lipinski definition) is 4. The number of carboxylic acid groups (broad SMARTS) is 1. The SMILES string of the molecule is CC(C)(C(=O)O)C1CCC(C(=O)CCCN2CCC(OC(C3CCCCC3)C3CCCCC3)CC2)CC1. The number of carbonyl (C=O) groups excluding carboxylic acids is 1. The van der Waals surface area contributed by atoms with Crippen molar-refractivity contribution in [2.75, 3.05) is 19.6 Å². The maximum Gasteiger partial charge on any atom is 0.309 e. The molecule has 212 valence electrons. The number of Topliss-reactive ketones (excluding diaryl/α,β-unsaturated/α-hetero) is 1. The zero-order valence-corrected chi connectivity index (χ0v) is 23.9. The fraction of sp³-hybridized carbons (Fsp3) is 0.938. The van der Waals surface area contributed by atoms with Crippen LogP contribution in [0.25, 0.3) is 0 Å².